The summed E-state index contributed by atoms with van der Waals surface area (Å²) in [5, 5.41) is 16.3. The molecule has 3 N–H and O–H groups in total. The van der Waals surface area contributed by atoms with Gasteiger partial charge in [0.2, 0.25) is 11.8 Å². The molecular weight excluding hydrogens is 242 g/mol. The molecule has 96 valence electrons. The van der Waals surface area contributed by atoms with Crippen LogP contribution in [0.2, 0.25) is 0 Å². The summed E-state index contributed by atoms with van der Waals surface area (Å²) in [5.41, 5.74) is 8.97. The molecule has 0 bridgehead atoms. The first-order chi connectivity index (χ1) is 9.13. The summed E-state index contributed by atoms with van der Waals surface area (Å²) in [7, 11) is 1.94. The largest absolute Gasteiger partial charge is 0.420 e. The second kappa shape index (κ2) is 3.92. The van der Waals surface area contributed by atoms with Crippen molar-refractivity contribution in [3.05, 3.63) is 46.7 Å². The van der Waals surface area contributed by atoms with Crippen molar-refractivity contribution in [1.29, 1.82) is 5.26 Å². The van der Waals surface area contributed by atoms with Crippen LogP contribution in [-0.2, 0) is 7.05 Å². The Morgan fingerprint density at radius 3 is 3.00 bits per heavy atom. The number of nitrogens with zero attached hydrogens (tertiary/aromatic N) is 3. The summed E-state index contributed by atoms with van der Waals surface area (Å²) >= 11 is 0. The molecule has 0 amide bonds. The van der Waals surface area contributed by atoms with Gasteiger partial charge in [0.05, 0.1) is 11.5 Å². The van der Waals surface area contributed by atoms with Crippen LogP contribution < -0.4 is 10.5 Å². The number of allylic oxidation sites excluding steroid dienone is 1. The Kier molecular flexibility index (Phi) is 2.35. The van der Waals surface area contributed by atoms with E-state index >= 15 is 0 Å². The van der Waals surface area contributed by atoms with Crippen LogP contribution in [0.4, 0.5) is 0 Å². The van der Waals surface area contributed by atoms with Crippen molar-refractivity contribution in [3.63, 3.8) is 0 Å². The molecule has 1 aliphatic heterocycles. The second-order valence-corrected chi connectivity index (χ2v) is 4.54. The van der Waals surface area contributed by atoms with Gasteiger partial charge in [-0.05, 0) is 19.1 Å². The van der Waals surface area contributed by atoms with Gasteiger partial charge in [0.15, 0.2) is 0 Å². The third-order valence-electron chi connectivity index (χ3n) is 3.41. The van der Waals surface area contributed by atoms with Gasteiger partial charge in [-0.2, -0.15) is 5.26 Å². The van der Waals surface area contributed by atoms with E-state index in [2.05, 4.69) is 16.3 Å². The van der Waals surface area contributed by atoms with E-state index in [0.717, 1.165) is 17.0 Å². The number of aromatic nitrogens is 3. The Morgan fingerprint density at radius 1 is 1.58 bits per heavy atom. The van der Waals surface area contributed by atoms with Crippen LogP contribution >= 0.6 is 0 Å². The van der Waals surface area contributed by atoms with Crippen LogP contribution in [0.5, 0.6) is 5.88 Å². The van der Waals surface area contributed by atoms with E-state index in [4.69, 9.17) is 10.5 Å². The minimum atomic E-state index is -0.243. The molecule has 0 radical (unpaired) electrons. The van der Waals surface area contributed by atoms with E-state index in [1.807, 2.05) is 36.9 Å². The molecule has 1 aliphatic rings. The van der Waals surface area contributed by atoms with Crippen LogP contribution in [0.15, 0.2) is 29.8 Å². The zero-order chi connectivity index (χ0) is 13.6. The molecule has 0 saturated heterocycles. The quantitative estimate of drug-likeness (QED) is 0.802. The highest BCUT2D eigenvalue weighted by molar-refractivity contribution is 5.53. The van der Waals surface area contributed by atoms with Gasteiger partial charge >= 0.3 is 0 Å². The van der Waals surface area contributed by atoms with Crippen molar-refractivity contribution < 1.29 is 4.74 Å². The monoisotopic (exact) mass is 255 g/mol. The van der Waals surface area contributed by atoms with Crippen molar-refractivity contribution in [2.24, 2.45) is 12.8 Å². The lowest BCUT2D eigenvalue weighted by Gasteiger charge is -2.23. The van der Waals surface area contributed by atoms with Crippen molar-refractivity contribution in [2.75, 3.05) is 0 Å². The molecule has 1 atom stereocenters. The standard InChI is InChI=1S/C13H13N5O/c1-7-10-11(9-4-3-5-18(9)2)8(6-14)12(15)19-13(10)17-16-7/h3-5,11H,15H2,1-2H3,(H,16,17). The molecule has 19 heavy (non-hydrogen) atoms. The van der Waals surface area contributed by atoms with E-state index in [9.17, 15) is 5.26 Å². The highest BCUT2D eigenvalue weighted by Gasteiger charge is 2.35. The number of fused-ring (bicyclic) bond motifs is 1. The number of hydrogen-bond donors (Lipinski definition) is 2. The number of nitrogens with two attached hydrogens (primary N) is 1. The molecule has 6 heteroatoms. The van der Waals surface area contributed by atoms with E-state index < -0.39 is 0 Å². The summed E-state index contributed by atoms with van der Waals surface area (Å²) in [6.45, 7) is 1.90. The molecule has 3 rings (SSSR count). The second-order valence-electron chi connectivity index (χ2n) is 4.54. The number of H-pyrrole nitrogens is 1. The fraction of sp³-hybridized carbons (Fsp3) is 0.231. The normalized spacial score (nSPS) is 17.8. The molecule has 0 fully saturated rings. The maximum absolute atomic E-state index is 9.37. The molecule has 0 aliphatic carbocycles. The van der Waals surface area contributed by atoms with E-state index in [0.29, 0.717) is 11.5 Å². The van der Waals surface area contributed by atoms with Crippen LogP contribution in [0.25, 0.3) is 0 Å². The van der Waals surface area contributed by atoms with E-state index in [1.54, 1.807) is 0 Å². The Morgan fingerprint density at radius 2 is 2.37 bits per heavy atom. The molecule has 2 aromatic heterocycles. The Hall–Kier alpha value is -2.68. The first kappa shape index (κ1) is 11.4. The Labute approximate surface area is 110 Å². The average Bonchev–Trinajstić information content (AvgIpc) is 2.95. The van der Waals surface area contributed by atoms with Crippen LogP contribution in [0.1, 0.15) is 22.9 Å². The van der Waals surface area contributed by atoms with Gasteiger partial charge in [-0.15, -0.1) is 5.10 Å². The van der Waals surface area contributed by atoms with Gasteiger partial charge in [0.25, 0.3) is 0 Å². The fourth-order valence-corrected chi connectivity index (χ4v) is 2.47. The lowest BCUT2D eigenvalue weighted by molar-refractivity contribution is 0.377. The molecule has 2 aromatic rings. The van der Waals surface area contributed by atoms with Gasteiger partial charge < -0.3 is 15.0 Å². The van der Waals surface area contributed by atoms with Crippen molar-refractivity contribution >= 4 is 0 Å². The molecule has 0 saturated carbocycles. The Balaban J connectivity index is 2.28. The molecular formula is C13H13N5O. The summed E-state index contributed by atoms with van der Waals surface area (Å²) in [5.74, 6) is 0.320. The number of hydrogen-bond acceptors (Lipinski definition) is 4. The maximum atomic E-state index is 9.37. The minimum Gasteiger partial charge on any atom is -0.420 e. The van der Waals surface area contributed by atoms with Gasteiger partial charge in [-0.3, -0.25) is 5.10 Å². The predicted octanol–water partition coefficient (Wildman–Crippen LogP) is 1.27. The van der Waals surface area contributed by atoms with Crippen molar-refractivity contribution in [2.45, 2.75) is 12.8 Å². The van der Waals surface area contributed by atoms with Gasteiger partial charge in [-0.1, -0.05) is 0 Å². The number of aromatic amines is 1. The molecule has 1 unspecified atom stereocenters. The number of nitriles is 1. The number of nitrogens with one attached hydrogen (secondary N) is 1. The maximum Gasteiger partial charge on any atom is 0.244 e. The third kappa shape index (κ3) is 1.52. The highest BCUT2D eigenvalue weighted by atomic mass is 16.5. The van der Waals surface area contributed by atoms with Gasteiger partial charge in [0, 0.05) is 24.6 Å². The number of rotatable bonds is 1. The topological polar surface area (TPSA) is 92.7 Å². The molecule has 0 spiro atoms. The minimum absolute atomic E-state index is 0.118. The summed E-state index contributed by atoms with van der Waals surface area (Å²) < 4.78 is 7.38. The van der Waals surface area contributed by atoms with Crippen molar-refractivity contribution in [3.8, 4) is 11.9 Å². The zero-order valence-electron chi connectivity index (χ0n) is 10.6. The summed E-state index contributed by atoms with van der Waals surface area (Å²) in [6.07, 6.45) is 1.94. The SMILES string of the molecule is Cc1[nH]nc2c1C(c1cccn1C)C(C#N)=C(N)O2. The van der Waals surface area contributed by atoms with Crippen LogP contribution in [-0.4, -0.2) is 14.8 Å². The highest BCUT2D eigenvalue weighted by Crippen LogP contribution is 2.42. The first-order valence-corrected chi connectivity index (χ1v) is 5.87. The van der Waals surface area contributed by atoms with Crippen LogP contribution in [0.3, 0.4) is 0 Å². The lowest BCUT2D eigenvalue weighted by atomic mass is 9.87. The van der Waals surface area contributed by atoms with Crippen molar-refractivity contribution in [1.82, 2.24) is 14.8 Å². The fourth-order valence-electron chi connectivity index (χ4n) is 2.47. The Bertz CT molecular complexity index is 716. The smallest absolute Gasteiger partial charge is 0.244 e. The van der Waals surface area contributed by atoms with E-state index in [-0.39, 0.29) is 11.8 Å². The number of aryl methyl sites for hydroxylation is 2. The van der Waals surface area contributed by atoms with Crippen LogP contribution in [0, 0.1) is 18.3 Å². The third-order valence-corrected chi connectivity index (χ3v) is 3.41. The zero-order valence-corrected chi connectivity index (χ0v) is 10.6. The average molecular weight is 255 g/mol. The lowest BCUT2D eigenvalue weighted by Crippen LogP contribution is -2.22. The van der Waals surface area contributed by atoms with E-state index in [1.165, 1.54) is 0 Å². The number of ether oxygens (including phenoxy) is 1. The molecule has 6 nitrogen and oxygen atoms in total. The predicted molar refractivity (Wildman–Crippen MR) is 68.0 cm³/mol. The van der Waals surface area contributed by atoms with Gasteiger partial charge in [-0.25, -0.2) is 0 Å². The summed E-state index contributed by atoms with van der Waals surface area (Å²) in [6, 6.07) is 6.06. The molecule has 0 aromatic carbocycles. The van der Waals surface area contributed by atoms with Gasteiger partial charge in [0.1, 0.15) is 11.6 Å². The first-order valence-electron chi connectivity index (χ1n) is 5.87. The summed E-state index contributed by atoms with van der Waals surface area (Å²) in [4.78, 5) is 0. The molecule has 3 heterocycles.